The van der Waals surface area contributed by atoms with Crippen molar-refractivity contribution in [2.75, 3.05) is 7.11 Å². The molecule has 0 spiro atoms. The van der Waals surface area contributed by atoms with Crippen LogP contribution < -0.4 is 5.32 Å². The number of hydrogen-bond donors (Lipinski definition) is 1. The molecular formula is C15H21N3O2. The largest absolute Gasteiger partial charge is 0.464 e. The fourth-order valence-corrected chi connectivity index (χ4v) is 3.30. The maximum Gasteiger partial charge on any atom is 0.357 e. The van der Waals surface area contributed by atoms with Gasteiger partial charge in [0.05, 0.1) is 12.8 Å². The second-order valence-electron chi connectivity index (χ2n) is 5.92. The van der Waals surface area contributed by atoms with Crippen LogP contribution in [0.15, 0.2) is 0 Å². The molecule has 108 valence electrons. The lowest BCUT2D eigenvalue weighted by Crippen LogP contribution is -2.18. The summed E-state index contributed by atoms with van der Waals surface area (Å²) in [6, 6.07) is 0. The Morgan fingerprint density at radius 2 is 2.15 bits per heavy atom. The third-order valence-electron chi connectivity index (χ3n) is 4.38. The number of nitrogens with zero attached hydrogens (tertiary/aromatic N) is 2. The number of fused-ring (bicyclic) bond motifs is 1. The number of esters is 1. The summed E-state index contributed by atoms with van der Waals surface area (Å²) in [5, 5.41) is 3.24. The summed E-state index contributed by atoms with van der Waals surface area (Å²) in [5.74, 6) is 1.58. The SMILES string of the molecule is COC(=O)c1nc(C2CCCC(C)C2)nc2c1CNC2. The van der Waals surface area contributed by atoms with Crippen LogP contribution >= 0.6 is 0 Å². The Bertz CT molecular complexity index is 530. The van der Waals surface area contributed by atoms with Gasteiger partial charge in [0.2, 0.25) is 0 Å². The second-order valence-corrected chi connectivity index (χ2v) is 5.92. The van der Waals surface area contributed by atoms with Crippen LogP contribution in [-0.4, -0.2) is 23.0 Å². The zero-order valence-corrected chi connectivity index (χ0v) is 12.1. The first kappa shape index (κ1) is 13.5. The van der Waals surface area contributed by atoms with Gasteiger partial charge in [-0.25, -0.2) is 14.8 Å². The molecule has 1 aromatic heterocycles. The molecule has 1 saturated carbocycles. The van der Waals surface area contributed by atoms with Gasteiger partial charge in [0, 0.05) is 24.6 Å². The fourth-order valence-electron chi connectivity index (χ4n) is 3.30. The van der Waals surface area contributed by atoms with E-state index in [1.54, 1.807) is 0 Å². The number of hydrogen-bond acceptors (Lipinski definition) is 5. The summed E-state index contributed by atoms with van der Waals surface area (Å²) in [6.07, 6.45) is 4.74. The van der Waals surface area contributed by atoms with E-state index in [-0.39, 0.29) is 5.97 Å². The highest BCUT2D eigenvalue weighted by molar-refractivity contribution is 5.89. The van der Waals surface area contributed by atoms with Crippen LogP contribution in [0.5, 0.6) is 0 Å². The van der Waals surface area contributed by atoms with Gasteiger partial charge in [0.15, 0.2) is 5.69 Å². The molecule has 1 aliphatic heterocycles. The Labute approximate surface area is 119 Å². The van der Waals surface area contributed by atoms with Gasteiger partial charge in [-0.1, -0.05) is 19.8 Å². The van der Waals surface area contributed by atoms with Crippen molar-refractivity contribution >= 4 is 5.97 Å². The predicted octanol–water partition coefficient (Wildman–Crippen LogP) is 2.16. The molecular weight excluding hydrogens is 254 g/mol. The van der Waals surface area contributed by atoms with Gasteiger partial charge in [-0.2, -0.15) is 0 Å². The van der Waals surface area contributed by atoms with Crippen molar-refractivity contribution in [3.8, 4) is 0 Å². The van der Waals surface area contributed by atoms with Crippen molar-refractivity contribution in [2.45, 2.75) is 51.6 Å². The standard InChI is InChI=1S/C15H21N3O2/c1-9-4-3-5-10(6-9)14-17-12-8-16-7-11(12)13(18-14)15(19)20-2/h9-10,16H,3-8H2,1-2H3. The van der Waals surface area contributed by atoms with E-state index in [9.17, 15) is 4.79 Å². The zero-order chi connectivity index (χ0) is 14.1. The highest BCUT2D eigenvalue weighted by atomic mass is 16.5. The maximum absolute atomic E-state index is 11.9. The molecule has 5 heteroatoms. The second kappa shape index (κ2) is 5.48. The monoisotopic (exact) mass is 275 g/mol. The van der Waals surface area contributed by atoms with Gasteiger partial charge < -0.3 is 10.1 Å². The molecule has 1 aromatic rings. The lowest BCUT2D eigenvalue weighted by atomic mass is 9.82. The minimum Gasteiger partial charge on any atom is -0.464 e. The van der Waals surface area contributed by atoms with E-state index in [1.807, 2.05) is 0 Å². The first-order chi connectivity index (χ1) is 9.69. The van der Waals surface area contributed by atoms with Crippen LogP contribution in [0.4, 0.5) is 0 Å². The van der Waals surface area contributed by atoms with E-state index in [4.69, 9.17) is 9.72 Å². The van der Waals surface area contributed by atoms with Crippen molar-refractivity contribution < 1.29 is 9.53 Å². The number of carbonyl (C=O) groups is 1. The highest BCUT2D eigenvalue weighted by Gasteiger charge is 2.28. The van der Waals surface area contributed by atoms with Crippen molar-refractivity contribution in [1.82, 2.24) is 15.3 Å². The molecule has 0 radical (unpaired) electrons. The molecule has 2 atom stereocenters. The first-order valence-corrected chi connectivity index (χ1v) is 7.37. The predicted molar refractivity (Wildman–Crippen MR) is 74.3 cm³/mol. The van der Waals surface area contributed by atoms with Crippen LogP contribution in [0.2, 0.25) is 0 Å². The van der Waals surface area contributed by atoms with Gasteiger partial charge in [-0.05, 0) is 18.8 Å². The number of methoxy groups -OCH3 is 1. The molecule has 2 aliphatic rings. The van der Waals surface area contributed by atoms with E-state index in [0.29, 0.717) is 24.1 Å². The average molecular weight is 275 g/mol. The molecule has 0 saturated heterocycles. The molecule has 20 heavy (non-hydrogen) atoms. The molecule has 1 N–H and O–H groups in total. The fraction of sp³-hybridized carbons (Fsp3) is 0.667. The minimum atomic E-state index is -0.350. The van der Waals surface area contributed by atoms with Crippen LogP contribution in [0.1, 0.15) is 66.1 Å². The molecule has 0 bridgehead atoms. The molecule has 1 aliphatic carbocycles. The molecule has 0 aromatic carbocycles. The van der Waals surface area contributed by atoms with E-state index in [1.165, 1.54) is 20.0 Å². The topological polar surface area (TPSA) is 64.1 Å². The molecule has 5 nitrogen and oxygen atoms in total. The smallest absolute Gasteiger partial charge is 0.357 e. The lowest BCUT2D eigenvalue weighted by molar-refractivity contribution is 0.0591. The number of nitrogens with one attached hydrogen (secondary N) is 1. The summed E-state index contributed by atoms with van der Waals surface area (Å²) in [6.45, 7) is 3.65. The maximum atomic E-state index is 11.9. The van der Waals surface area contributed by atoms with Crippen LogP contribution in [0, 0.1) is 5.92 Å². The Morgan fingerprint density at radius 3 is 2.90 bits per heavy atom. The van der Waals surface area contributed by atoms with Gasteiger partial charge >= 0.3 is 5.97 Å². The summed E-state index contributed by atoms with van der Waals surface area (Å²) in [5.41, 5.74) is 2.33. The Hall–Kier alpha value is -1.49. The average Bonchev–Trinajstić information content (AvgIpc) is 2.93. The number of rotatable bonds is 2. The van der Waals surface area contributed by atoms with E-state index < -0.39 is 0 Å². The van der Waals surface area contributed by atoms with Gasteiger partial charge in [-0.3, -0.25) is 0 Å². The summed E-state index contributed by atoms with van der Waals surface area (Å²) >= 11 is 0. The van der Waals surface area contributed by atoms with Gasteiger partial charge in [-0.15, -0.1) is 0 Å². The lowest BCUT2D eigenvalue weighted by Gasteiger charge is -2.26. The molecule has 2 heterocycles. The zero-order valence-electron chi connectivity index (χ0n) is 12.1. The number of ether oxygens (including phenoxy) is 1. The first-order valence-electron chi connectivity index (χ1n) is 7.37. The Morgan fingerprint density at radius 1 is 1.30 bits per heavy atom. The van der Waals surface area contributed by atoms with E-state index in [2.05, 4.69) is 17.2 Å². The van der Waals surface area contributed by atoms with E-state index in [0.717, 1.165) is 36.5 Å². The van der Waals surface area contributed by atoms with Crippen molar-refractivity contribution in [3.05, 3.63) is 22.8 Å². The normalized spacial score (nSPS) is 25.3. The van der Waals surface area contributed by atoms with Crippen LogP contribution in [0.3, 0.4) is 0 Å². The Balaban J connectivity index is 1.97. The summed E-state index contributed by atoms with van der Waals surface area (Å²) in [7, 11) is 1.40. The third-order valence-corrected chi connectivity index (χ3v) is 4.38. The van der Waals surface area contributed by atoms with Crippen molar-refractivity contribution in [2.24, 2.45) is 5.92 Å². The van der Waals surface area contributed by atoms with Crippen LogP contribution in [0.25, 0.3) is 0 Å². The quantitative estimate of drug-likeness (QED) is 0.838. The molecule has 1 fully saturated rings. The summed E-state index contributed by atoms with van der Waals surface area (Å²) in [4.78, 5) is 21.2. The summed E-state index contributed by atoms with van der Waals surface area (Å²) < 4.78 is 4.87. The molecule has 2 unspecified atom stereocenters. The van der Waals surface area contributed by atoms with Gasteiger partial charge in [0.1, 0.15) is 5.82 Å². The van der Waals surface area contributed by atoms with Gasteiger partial charge in [0.25, 0.3) is 0 Å². The van der Waals surface area contributed by atoms with Crippen molar-refractivity contribution in [3.63, 3.8) is 0 Å². The highest BCUT2D eigenvalue weighted by Crippen LogP contribution is 2.35. The van der Waals surface area contributed by atoms with Crippen molar-refractivity contribution in [1.29, 1.82) is 0 Å². The number of aromatic nitrogens is 2. The minimum absolute atomic E-state index is 0.350. The number of carbonyl (C=O) groups excluding carboxylic acids is 1. The van der Waals surface area contributed by atoms with E-state index >= 15 is 0 Å². The Kier molecular flexibility index (Phi) is 3.70. The van der Waals surface area contributed by atoms with Crippen LogP contribution in [-0.2, 0) is 17.8 Å². The third kappa shape index (κ3) is 2.42. The molecule has 3 rings (SSSR count). The molecule has 0 amide bonds.